The maximum absolute atomic E-state index is 12.4. The SMILES string of the molecule is NC(=S)C1CCN(S(=O)(=O)C2CCOCC2)CC1. The molecule has 2 N–H and O–H groups in total. The summed E-state index contributed by atoms with van der Waals surface area (Å²) in [6.45, 7) is 2.18. The second-order valence-electron chi connectivity index (χ2n) is 4.93. The molecule has 7 heteroatoms. The molecule has 0 aliphatic carbocycles. The van der Waals surface area contributed by atoms with E-state index in [2.05, 4.69) is 0 Å². The predicted octanol–water partition coefficient (Wildman–Crippen LogP) is 0.493. The van der Waals surface area contributed by atoms with Crippen molar-refractivity contribution in [2.75, 3.05) is 26.3 Å². The molecule has 0 spiro atoms. The van der Waals surface area contributed by atoms with Gasteiger partial charge in [-0.1, -0.05) is 12.2 Å². The number of nitrogens with two attached hydrogens (primary N) is 1. The summed E-state index contributed by atoms with van der Waals surface area (Å²) in [5.41, 5.74) is 5.61. The zero-order chi connectivity index (χ0) is 13.2. The Morgan fingerprint density at radius 3 is 2.22 bits per heavy atom. The van der Waals surface area contributed by atoms with Crippen LogP contribution >= 0.6 is 12.2 Å². The van der Waals surface area contributed by atoms with Gasteiger partial charge in [-0.3, -0.25) is 0 Å². The van der Waals surface area contributed by atoms with E-state index >= 15 is 0 Å². The smallest absolute Gasteiger partial charge is 0.217 e. The van der Waals surface area contributed by atoms with Crippen LogP contribution in [0.25, 0.3) is 0 Å². The molecule has 0 saturated carbocycles. The third-order valence-corrected chi connectivity index (χ3v) is 6.54. The molecule has 104 valence electrons. The normalized spacial score (nSPS) is 25.1. The molecule has 0 atom stereocenters. The van der Waals surface area contributed by atoms with E-state index in [-0.39, 0.29) is 11.2 Å². The molecule has 18 heavy (non-hydrogen) atoms. The Morgan fingerprint density at radius 1 is 1.17 bits per heavy atom. The van der Waals surface area contributed by atoms with E-state index in [1.54, 1.807) is 4.31 Å². The average Bonchev–Trinajstić information content (AvgIpc) is 2.40. The Hall–Kier alpha value is -0.240. The number of hydrogen-bond donors (Lipinski definition) is 1. The van der Waals surface area contributed by atoms with E-state index in [0.29, 0.717) is 44.1 Å². The lowest BCUT2D eigenvalue weighted by Gasteiger charge is -2.34. The molecule has 2 fully saturated rings. The van der Waals surface area contributed by atoms with Crippen LogP contribution in [0.1, 0.15) is 25.7 Å². The van der Waals surface area contributed by atoms with Gasteiger partial charge in [0.15, 0.2) is 0 Å². The third kappa shape index (κ3) is 3.01. The molecule has 0 aromatic rings. The van der Waals surface area contributed by atoms with Gasteiger partial charge in [-0.25, -0.2) is 12.7 Å². The molecule has 0 aromatic heterocycles. The minimum atomic E-state index is -3.16. The van der Waals surface area contributed by atoms with Crippen LogP contribution in [-0.4, -0.2) is 49.3 Å². The fourth-order valence-corrected chi connectivity index (χ4v) is 4.74. The van der Waals surface area contributed by atoms with Gasteiger partial charge in [-0.2, -0.15) is 0 Å². The molecule has 0 radical (unpaired) electrons. The predicted molar refractivity (Wildman–Crippen MR) is 73.8 cm³/mol. The highest BCUT2D eigenvalue weighted by Crippen LogP contribution is 2.25. The quantitative estimate of drug-likeness (QED) is 0.767. The van der Waals surface area contributed by atoms with Crippen molar-refractivity contribution in [2.24, 2.45) is 11.7 Å². The van der Waals surface area contributed by atoms with Crippen molar-refractivity contribution in [3.63, 3.8) is 0 Å². The molecule has 2 aliphatic heterocycles. The number of sulfonamides is 1. The first-order valence-corrected chi connectivity index (χ1v) is 8.29. The van der Waals surface area contributed by atoms with Crippen LogP contribution < -0.4 is 5.73 Å². The van der Waals surface area contributed by atoms with E-state index < -0.39 is 10.0 Å². The van der Waals surface area contributed by atoms with Gasteiger partial charge < -0.3 is 10.5 Å². The standard InChI is InChI=1S/C11H20N2O3S2/c12-11(17)9-1-5-13(6-2-9)18(14,15)10-3-7-16-8-4-10/h9-10H,1-8H2,(H2,12,17). The number of rotatable bonds is 3. The highest BCUT2D eigenvalue weighted by molar-refractivity contribution is 7.89. The fraction of sp³-hybridized carbons (Fsp3) is 0.909. The molecule has 2 rings (SSSR count). The molecular formula is C11H20N2O3S2. The first-order valence-electron chi connectivity index (χ1n) is 6.38. The van der Waals surface area contributed by atoms with Crippen molar-refractivity contribution < 1.29 is 13.2 Å². The Balaban J connectivity index is 1.97. The monoisotopic (exact) mass is 292 g/mol. The summed E-state index contributed by atoms with van der Waals surface area (Å²) in [6, 6.07) is 0. The number of hydrogen-bond acceptors (Lipinski definition) is 4. The Labute approximate surface area is 114 Å². The van der Waals surface area contributed by atoms with Crippen LogP contribution in [0.2, 0.25) is 0 Å². The van der Waals surface area contributed by atoms with Crippen molar-refractivity contribution in [3.8, 4) is 0 Å². The van der Waals surface area contributed by atoms with Crippen LogP contribution in [0.5, 0.6) is 0 Å². The summed E-state index contributed by atoms with van der Waals surface area (Å²) in [5, 5.41) is -0.271. The largest absolute Gasteiger partial charge is 0.393 e. The summed E-state index contributed by atoms with van der Waals surface area (Å²) >= 11 is 4.97. The maximum Gasteiger partial charge on any atom is 0.217 e. The Bertz CT molecular complexity index is 397. The van der Waals surface area contributed by atoms with E-state index in [4.69, 9.17) is 22.7 Å². The average molecular weight is 292 g/mol. The molecule has 5 nitrogen and oxygen atoms in total. The van der Waals surface area contributed by atoms with Gasteiger partial charge in [0.1, 0.15) is 0 Å². The third-order valence-electron chi connectivity index (χ3n) is 3.81. The molecular weight excluding hydrogens is 272 g/mol. The van der Waals surface area contributed by atoms with Gasteiger partial charge in [0, 0.05) is 32.2 Å². The van der Waals surface area contributed by atoms with Gasteiger partial charge in [-0.05, 0) is 25.7 Å². The molecule has 0 bridgehead atoms. The van der Waals surface area contributed by atoms with Crippen molar-refractivity contribution in [1.82, 2.24) is 4.31 Å². The number of piperidine rings is 1. The van der Waals surface area contributed by atoms with Gasteiger partial charge in [-0.15, -0.1) is 0 Å². The molecule has 2 saturated heterocycles. The minimum Gasteiger partial charge on any atom is -0.393 e. The van der Waals surface area contributed by atoms with Gasteiger partial charge >= 0.3 is 0 Å². The second kappa shape index (κ2) is 5.81. The summed E-state index contributed by atoms with van der Waals surface area (Å²) in [6.07, 6.45) is 2.71. The molecule has 0 unspecified atom stereocenters. The van der Waals surface area contributed by atoms with Gasteiger partial charge in [0.2, 0.25) is 10.0 Å². The van der Waals surface area contributed by atoms with E-state index in [1.807, 2.05) is 0 Å². The van der Waals surface area contributed by atoms with E-state index in [1.165, 1.54) is 0 Å². The molecule has 0 aromatic carbocycles. The van der Waals surface area contributed by atoms with E-state index in [0.717, 1.165) is 12.8 Å². The summed E-state index contributed by atoms with van der Waals surface area (Å²) in [4.78, 5) is 0.512. The Kier molecular flexibility index (Phi) is 4.58. The first-order chi connectivity index (χ1) is 8.51. The van der Waals surface area contributed by atoms with Crippen LogP contribution in [0, 0.1) is 5.92 Å². The highest BCUT2D eigenvalue weighted by Gasteiger charge is 2.35. The lowest BCUT2D eigenvalue weighted by Crippen LogP contribution is -2.46. The van der Waals surface area contributed by atoms with Gasteiger partial charge in [0.25, 0.3) is 0 Å². The second-order valence-corrected chi connectivity index (χ2v) is 7.62. The Morgan fingerprint density at radius 2 is 1.72 bits per heavy atom. The molecule has 2 aliphatic rings. The number of nitrogens with zero attached hydrogens (tertiary/aromatic N) is 1. The summed E-state index contributed by atoms with van der Waals surface area (Å²) in [7, 11) is -3.16. The number of ether oxygens (including phenoxy) is 1. The van der Waals surface area contributed by atoms with E-state index in [9.17, 15) is 8.42 Å². The van der Waals surface area contributed by atoms with Crippen LogP contribution in [0.3, 0.4) is 0 Å². The topological polar surface area (TPSA) is 72.6 Å². The highest BCUT2D eigenvalue weighted by atomic mass is 32.2. The van der Waals surface area contributed by atoms with Crippen LogP contribution in [0.4, 0.5) is 0 Å². The van der Waals surface area contributed by atoms with Gasteiger partial charge in [0.05, 0.1) is 10.2 Å². The lowest BCUT2D eigenvalue weighted by molar-refractivity contribution is 0.0969. The lowest BCUT2D eigenvalue weighted by atomic mass is 9.98. The number of thiocarbonyl (C=S) groups is 1. The first kappa shape index (κ1) is 14.2. The summed E-state index contributed by atoms with van der Waals surface area (Å²) in [5.74, 6) is 0.195. The van der Waals surface area contributed by atoms with Crippen molar-refractivity contribution in [3.05, 3.63) is 0 Å². The molecule has 0 amide bonds. The fourth-order valence-electron chi connectivity index (χ4n) is 2.58. The van der Waals surface area contributed by atoms with Crippen LogP contribution in [-0.2, 0) is 14.8 Å². The van der Waals surface area contributed by atoms with Crippen molar-refractivity contribution in [2.45, 2.75) is 30.9 Å². The van der Waals surface area contributed by atoms with Crippen molar-refractivity contribution in [1.29, 1.82) is 0 Å². The zero-order valence-corrected chi connectivity index (χ0v) is 12.0. The van der Waals surface area contributed by atoms with Crippen LogP contribution in [0.15, 0.2) is 0 Å². The zero-order valence-electron chi connectivity index (χ0n) is 10.4. The summed E-state index contributed by atoms with van der Waals surface area (Å²) < 4.78 is 31.7. The molecule has 2 heterocycles. The van der Waals surface area contributed by atoms with Crippen molar-refractivity contribution >= 4 is 27.2 Å². The minimum absolute atomic E-state index is 0.195. The maximum atomic E-state index is 12.4.